The summed E-state index contributed by atoms with van der Waals surface area (Å²) in [5, 5.41) is 11.6. The minimum Gasteiger partial charge on any atom is -0.507 e. The van der Waals surface area contributed by atoms with E-state index in [1.54, 1.807) is 49.4 Å². The first-order valence-corrected chi connectivity index (χ1v) is 10.3. The molecule has 2 aromatic carbocycles. The molecular formula is C25H22ClNO4. The molecule has 0 spiro atoms. The van der Waals surface area contributed by atoms with Gasteiger partial charge < -0.3 is 9.52 Å². The van der Waals surface area contributed by atoms with Crippen molar-refractivity contribution in [2.45, 2.75) is 33.7 Å². The van der Waals surface area contributed by atoms with E-state index in [2.05, 4.69) is 0 Å². The number of amides is 1. The highest BCUT2D eigenvalue weighted by molar-refractivity contribution is 6.51. The second kappa shape index (κ2) is 7.75. The summed E-state index contributed by atoms with van der Waals surface area (Å²) in [6, 6.07) is 13.1. The van der Waals surface area contributed by atoms with Crippen LogP contribution in [0.4, 0.5) is 5.69 Å². The predicted molar refractivity (Wildman–Crippen MR) is 120 cm³/mol. The average molecular weight is 436 g/mol. The first kappa shape index (κ1) is 20.9. The summed E-state index contributed by atoms with van der Waals surface area (Å²) in [5.74, 6) is -0.732. The second-order valence-electron chi connectivity index (χ2n) is 7.85. The summed E-state index contributed by atoms with van der Waals surface area (Å²) < 4.78 is 5.80. The van der Waals surface area contributed by atoms with Crippen LogP contribution in [-0.4, -0.2) is 16.8 Å². The molecular weight excluding hydrogens is 414 g/mol. The lowest BCUT2D eigenvalue weighted by Gasteiger charge is -2.24. The zero-order valence-corrected chi connectivity index (χ0v) is 18.4. The fraction of sp³-hybridized carbons (Fsp3) is 0.200. The predicted octanol–water partition coefficient (Wildman–Crippen LogP) is 5.79. The minimum atomic E-state index is -0.908. The molecule has 4 rings (SSSR count). The number of aryl methyl sites for hydroxylation is 4. The maximum atomic E-state index is 13.1. The maximum Gasteiger partial charge on any atom is 0.300 e. The number of halogens is 1. The van der Waals surface area contributed by atoms with Gasteiger partial charge in [-0.1, -0.05) is 29.8 Å². The number of Topliss-reactive ketones (excluding diaryl/α,β-unsaturated/α-hetero) is 1. The molecule has 0 radical (unpaired) electrons. The van der Waals surface area contributed by atoms with Gasteiger partial charge in [0, 0.05) is 16.3 Å². The van der Waals surface area contributed by atoms with Crippen molar-refractivity contribution in [1.29, 1.82) is 0 Å². The molecule has 1 N–H and O–H groups in total. The van der Waals surface area contributed by atoms with Gasteiger partial charge in [-0.3, -0.25) is 14.5 Å². The van der Waals surface area contributed by atoms with Gasteiger partial charge in [0.15, 0.2) is 0 Å². The number of hydrogen-bond donors (Lipinski definition) is 1. The molecule has 1 saturated heterocycles. The normalized spacial score (nSPS) is 18.1. The Labute approximate surface area is 185 Å². The molecule has 1 fully saturated rings. The Hall–Kier alpha value is -3.31. The number of benzene rings is 2. The summed E-state index contributed by atoms with van der Waals surface area (Å²) in [6.07, 6.45) is 0. The number of anilines is 1. The van der Waals surface area contributed by atoms with E-state index in [1.807, 2.05) is 26.8 Å². The Morgan fingerprint density at radius 2 is 1.65 bits per heavy atom. The number of hydrogen-bond acceptors (Lipinski definition) is 4. The van der Waals surface area contributed by atoms with E-state index in [-0.39, 0.29) is 11.3 Å². The SMILES string of the molecule is Cc1ccc(C2/C(=C(/O)c3ccc(C)c(C)c3)C(=O)C(=O)N2c2ccc(C)c(Cl)c2)o1. The summed E-state index contributed by atoms with van der Waals surface area (Å²) in [4.78, 5) is 27.6. The van der Waals surface area contributed by atoms with Crippen molar-refractivity contribution in [2.24, 2.45) is 0 Å². The third-order valence-electron chi connectivity index (χ3n) is 5.69. The number of rotatable bonds is 3. The van der Waals surface area contributed by atoms with Crippen molar-refractivity contribution in [3.8, 4) is 0 Å². The number of ketones is 1. The van der Waals surface area contributed by atoms with Crippen molar-refractivity contribution < 1.29 is 19.1 Å². The zero-order chi connectivity index (χ0) is 22.4. The van der Waals surface area contributed by atoms with Gasteiger partial charge in [0.1, 0.15) is 23.3 Å². The first-order chi connectivity index (χ1) is 14.7. The Morgan fingerprint density at radius 1 is 0.935 bits per heavy atom. The summed E-state index contributed by atoms with van der Waals surface area (Å²) in [5.41, 5.74) is 3.78. The van der Waals surface area contributed by atoms with Crippen LogP contribution in [0.5, 0.6) is 0 Å². The van der Waals surface area contributed by atoms with Crippen LogP contribution in [0.1, 0.15) is 39.8 Å². The van der Waals surface area contributed by atoms with Gasteiger partial charge in [-0.15, -0.1) is 0 Å². The number of nitrogens with zero attached hydrogens (tertiary/aromatic N) is 1. The smallest absolute Gasteiger partial charge is 0.300 e. The van der Waals surface area contributed by atoms with Gasteiger partial charge in [0.25, 0.3) is 11.7 Å². The molecule has 1 amide bonds. The van der Waals surface area contributed by atoms with Gasteiger partial charge in [0.2, 0.25) is 0 Å². The fourth-order valence-electron chi connectivity index (χ4n) is 3.74. The fourth-order valence-corrected chi connectivity index (χ4v) is 3.92. The molecule has 0 aliphatic carbocycles. The van der Waals surface area contributed by atoms with Crippen molar-refractivity contribution in [3.63, 3.8) is 0 Å². The second-order valence-corrected chi connectivity index (χ2v) is 8.26. The Balaban J connectivity index is 1.95. The van der Waals surface area contributed by atoms with Gasteiger partial charge in [-0.2, -0.15) is 0 Å². The van der Waals surface area contributed by atoms with Gasteiger partial charge in [0.05, 0.1) is 5.57 Å². The molecule has 5 nitrogen and oxygen atoms in total. The van der Waals surface area contributed by atoms with Gasteiger partial charge in [-0.05, 0) is 74.7 Å². The summed E-state index contributed by atoms with van der Waals surface area (Å²) in [6.45, 7) is 7.52. The number of aliphatic hydroxyl groups is 1. The molecule has 1 aliphatic rings. The van der Waals surface area contributed by atoms with E-state index in [1.165, 1.54) is 4.90 Å². The number of carbonyl (C=O) groups is 2. The molecule has 1 aromatic heterocycles. The molecule has 1 aliphatic heterocycles. The third kappa shape index (κ3) is 3.55. The van der Waals surface area contributed by atoms with Gasteiger partial charge in [-0.25, -0.2) is 0 Å². The number of carbonyl (C=O) groups excluding carboxylic acids is 2. The van der Waals surface area contributed by atoms with Crippen LogP contribution in [-0.2, 0) is 9.59 Å². The van der Waals surface area contributed by atoms with Crippen molar-refractivity contribution >= 4 is 34.7 Å². The molecule has 1 unspecified atom stereocenters. The quantitative estimate of drug-likeness (QED) is 0.321. The maximum absolute atomic E-state index is 13.1. The Morgan fingerprint density at radius 3 is 2.26 bits per heavy atom. The van der Waals surface area contributed by atoms with E-state index in [4.69, 9.17) is 16.0 Å². The topological polar surface area (TPSA) is 70.8 Å². The lowest BCUT2D eigenvalue weighted by atomic mass is 9.97. The van der Waals surface area contributed by atoms with Crippen LogP contribution in [0.25, 0.3) is 5.76 Å². The van der Waals surface area contributed by atoms with E-state index in [0.29, 0.717) is 27.8 Å². The van der Waals surface area contributed by atoms with E-state index < -0.39 is 17.7 Å². The lowest BCUT2D eigenvalue weighted by Crippen LogP contribution is -2.29. The molecule has 158 valence electrons. The van der Waals surface area contributed by atoms with Crippen LogP contribution in [0.3, 0.4) is 0 Å². The monoisotopic (exact) mass is 435 g/mol. The molecule has 0 bridgehead atoms. The van der Waals surface area contributed by atoms with Crippen LogP contribution in [0, 0.1) is 27.7 Å². The molecule has 6 heteroatoms. The summed E-state index contributed by atoms with van der Waals surface area (Å²) >= 11 is 6.29. The Bertz CT molecular complexity index is 1250. The third-order valence-corrected chi connectivity index (χ3v) is 6.10. The summed E-state index contributed by atoms with van der Waals surface area (Å²) in [7, 11) is 0. The standard InChI is InChI=1S/C25H22ClNO4/c1-13-5-8-17(11-15(13)3)23(28)21-22(20-10-7-16(4)31-20)27(25(30)24(21)29)18-9-6-14(2)19(26)12-18/h5-12,22,28H,1-4H3/b23-21-. The minimum absolute atomic E-state index is 0.0145. The lowest BCUT2D eigenvalue weighted by molar-refractivity contribution is -0.132. The van der Waals surface area contributed by atoms with Crippen LogP contribution in [0.15, 0.2) is 58.5 Å². The van der Waals surface area contributed by atoms with E-state index >= 15 is 0 Å². The molecule has 31 heavy (non-hydrogen) atoms. The van der Waals surface area contributed by atoms with Crippen LogP contribution in [0.2, 0.25) is 5.02 Å². The van der Waals surface area contributed by atoms with E-state index in [0.717, 1.165) is 16.7 Å². The van der Waals surface area contributed by atoms with Crippen molar-refractivity contribution in [3.05, 3.63) is 92.9 Å². The molecule has 3 aromatic rings. The molecule has 0 saturated carbocycles. The molecule has 2 heterocycles. The van der Waals surface area contributed by atoms with E-state index in [9.17, 15) is 14.7 Å². The number of aliphatic hydroxyl groups excluding tert-OH is 1. The molecule has 1 atom stereocenters. The highest BCUT2D eigenvalue weighted by Gasteiger charge is 2.48. The van der Waals surface area contributed by atoms with Crippen LogP contribution >= 0.6 is 11.6 Å². The average Bonchev–Trinajstić information content (AvgIpc) is 3.27. The first-order valence-electron chi connectivity index (χ1n) is 9.90. The zero-order valence-electron chi connectivity index (χ0n) is 17.7. The largest absolute Gasteiger partial charge is 0.507 e. The van der Waals surface area contributed by atoms with Crippen molar-refractivity contribution in [1.82, 2.24) is 0 Å². The number of furan rings is 1. The highest BCUT2D eigenvalue weighted by Crippen LogP contribution is 2.43. The highest BCUT2D eigenvalue weighted by atomic mass is 35.5. The van der Waals surface area contributed by atoms with Crippen LogP contribution < -0.4 is 4.90 Å². The van der Waals surface area contributed by atoms with Gasteiger partial charge >= 0.3 is 0 Å². The van der Waals surface area contributed by atoms with Crippen molar-refractivity contribution in [2.75, 3.05) is 4.90 Å². The Kier molecular flexibility index (Phi) is 5.23.